The lowest BCUT2D eigenvalue weighted by Gasteiger charge is -2.15. The molecule has 0 aliphatic carbocycles. The summed E-state index contributed by atoms with van der Waals surface area (Å²) in [5, 5.41) is 13.8. The highest BCUT2D eigenvalue weighted by Crippen LogP contribution is 2.35. The Morgan fingerprint density at radius 1 is 0.762 bits per heavy atom. The van der Waals surface area contributed by atoms with E-state index >= 15 is 0 Å². The van der Waals surface area contributed by atoms with E-state index in [0.717, 1.165) is 11.1 Å². The van der Waals surface area contributed by atoms with Gasteiger partial charge in [-0.25, -0.2) is 0 Å². The summed E-state index contributed by atoms with van der Waals surface area (Å²) < 4.78 is 24.3. The standard InChI is InChI=1S/C35H35NO6/c1-24(2)36-20-28(37)23-39-29-14-15-30-31(38)19-33(42-34(30)18-29)27-13-16-32(40-21-25-9-5-3-6-10-25)35(17-27)41-22-26-11-7-4-8-12-26/h3-19,24,28,36-37H,20-23H2,1-2H3. The van der Waals surface area contributed by atoms with Gasteiger partial charge in [-0.3, -0.25) is 4.79 Å². The lowest BCUT2D eigenvalue weighted by molar-refractivity contribution is 0.104. The summed E-state index contributed by atoms with van der Waals surface area (Å²) in [6.45, 7) is 5.30. The van der Waals surface area contributed by atoms with E-state index in [2.05, 4.69) is 5.32 Å². The van der Waals surface area contributed by atoms with Crippen molar-refractivity contribution in [3.8, 4) is 28.6 Å². The van der Waals surface area contributed by atoms with E-state index in [4.69, 9.17) is 18.6 Å². The summed E-state index contributed by atoms with van der Waals surface area (Å²) in [4.78, 5) is 13.0. The van der Waals surface area contributed by atoms with Gasteiger partial charge in [-0.1, -0.05) is 74.5 Å². The number of ether oxygens (including phenoxy) is 3. The predicted molar refractivity (Wildman–Crippen MR) is 164 cm³/mol. The summed E-state index contributed by atoms with van der Waals surface area (Å²) in [5.41, 5.74) is 2.95. The van der Waals surface area contributed by atoms with Crippen molar-refractivity contribution in [1.29, 1.82) is 0 Å². The number of rotatable bonds is 13. The van der Waals surface area contributed by atoms with E-state index in [1.165, 1.54) is 6.07 Å². The molecule has 0 spiro atoms. The molecule has 0 aliphatic heterocycles. The van der Waals surface area contributed by atoms with Gasteiger partial charge in [-0.15, -0.1) is 0 Å². The van der Waals surface area contributed by atoms with Crippen molar-refractivity contribution < 1.29 is 23.7 Å². The Morgan fingerprint density at radius 3 is 2.10 bits per heavy atom. The topological polar surface area (TPSA) is 90.2 Å². The molecule has 0 bridgehead atoms. The molecule has 0 saturated carbocycles. The van der Waals surface area contributed by atoms with Crippen LogP contribution in [0.4, 0.5) is 0 Å². The summed E-state index contributed by atoms with van der Waals surface area (Å²) in [7, 11) is 0. The molecular formula is C35H35NO6. The van der Waals surface area contributed by atoms with Crippen LogP contribution in [0.15, 0.2) is 112 Å². The first-order chi connectivity index (χ1) is 20.4. The van der Waals surface area contributed by atoms with Crippen LogP contribution in [0, 0.1) is 0 Å². The van der Waals surface area contributed by atoms with Gasteiger partial charge in [0.1, 0.15) is 43.0 Å². The number of hydrogen-bond acceptors (Lipinski definition) is 7. The van der Waals surface area contributed by atoms with Crippen LogP contribution in [0.5, 0.6) is 17.2 Å². The minimum atomic E-state index is -0.668. The Balaban J connectivity index is 1.40. The van der Waals surface area contributed by atoms with E-state index in [1.54, 1.807) is 18.2 Å². The number of hydrogen-bond donors (Lipinski definition) is 2. The van der Waals surface area contributed by atoms with E-state index in [-0.39, 0.29) is 18.1 Å². The van der Waals surface area contributed by atoms with Crippen molar-refractivity contribution >= 4 is 11.0 Å². The molecule has 1 unspecified atom stereocenters. The maximum absolute atomic E-state index is 13.0. The molecule has 42 heavy (non-hydrogen) atoms. The molecule has 0 aliphatic rings. The monoisotopic (exact) mass is 565 g/mol. The number of aliphatic hydroxyl groups is 1. The molecular weight excluding hydrogens is 530 g/mol. The first-order valence-corrected chi connectivity index (χ1v) is 14.0. The Kier molecular flexibility index (Phi) is 9.54. The van der Waals surface area contributed by atoms with E-state index < -0.39 is 6.10 Å². The van der Waals surface area contributed by atoms with Crippen LogP contribution in [0.2, 0.25) is 0 Å². The third-order valence-electron chi connectivity index (χ3n) is 6.61. The van der Waals surface area contributed by atoms with Crippen molar-refractivity contribution in [2.24, 2.45) is 0 Å². The second-order valence-corrected chi connectivity index (χ2v) is 10.4. The van der Waals surface area contributed by atoms with E-state index in [9.17, 15) is 9.90 Å². The van der Waals surface area contributed by atoms with Crippen LogP contribution < -0.4 is 25.0 Å². The Hall–Kier alpha value is -4.59. The zero-order valence-corrected chi connectivity index (χ0v) is 23.8. The number of aliphatic hydroxyl groups excluding tert-OH is 1. The molecule has 1 aromatic heterocycles. The second kappa shape index (κ2) is 13.9. The Labute approximate surface area is 245 Å². The Bertz CT molecular complexity index is 1650. The highest BCUT2D eigenvalue weighted by molar-refractivity contribution is 5.80. The fraction of sp³-hybridized carbons (Fsp3) is 0.229. The molecule has 5 rings (SSSR count). The Morgan fingerprint density at radius 2 is 1.43 bits per heavy atom. The lowest BCUT2D eigenvalue weighted by atomic mass is 10.1. The average Bonchev–Trinajstić information content (AvgIpc) is 3.01. The van der Waals surface area contributed by atoms with Crippen LogP contribution in [0.1, 0.15) is 25.0 Å². The highest BCUT2D eigenvalue weighted by Gasteiger charge is 2.14. The lowest BCUT2D eigenvalue weighted by Crippen LogP contribution is -2.35. The molecule has 0 fully saturated rings. The maximum atomic E-state index is 13.0. The fourth-order valence-electron chi connectivity index (χ4n) is 4.35. The summed E-state index contributed by atoms with van der Waals surface area (Å²) in [6, 6.07) is 32.1. The van der Waals surface area contributed by atoms with Crippen LogP contribution in [0.25, 0.3) is 22.3 Å². The smallest absolute Gasteiger partial charge is 0.193 e. The molecule has 7 nitrogen and oxygen atoms in total. The molecule has 4 aromatic carbocycles. The van der Waals surface area contributed by atoms with Gasteiger partial charge in [0, 0.05) is 30.3 Å². The van der Waals surface area contributed by atoms with Gasteiger partial charge in [-0.2, -0.15) is 0 Å². The van der Waals surface area contributed by atoms with Crippen molar-refractivity contribution in [2.45, 2.75) is 39.2 Å². The second-order valence-electron chi connectivity index (χ2n) is 10.4. The zero-order valence-electron chi connectivity index (χ0n) is 23.8. The van der Waals surface area contributed by atoms with Gasteiger partial charge in [-0.05, 0) is 41.5 Å². The van der Waals surface area contributed by atoms with Crippen LogP contribution in [-0.2, 0) is 13.2 Å². The van der Waals surface area contributed by atoms with Gasteiger partial charge in [0.2, 0.25) is 0 Å². The molecule has 216 valence electrons. The average molecular weight is 566 g/mol. The third-order valence-corrected chi connectivity index (χ3v) is 6.61. The van der Waals surface area contributed by atoms with Crippen LogP contribution >= 0.6 is 0 Å². The maximum Gasteiger partial charge on any atom is 0.193 e. The summed E-state index contributed by atoms with van der Waals surface area (Å²) in [6.07, 6.45) is -0.668. The van der Waals surface area contributed by atoms with Crippen molar-refractivity contribution in [2.75, 3.05) is 13.2 Å². The minimum Gasteiger partial charge on any atom is -0.491 e. The summed E-state index contributed by atoms with van der Waals surface area (Å²) in [5.74, 6) is 2.02. The molecule has 0 saturated heterocycles. The SMILES string of the molecule is CC(C)NCC(O)COc1ccc2c(=O)cc(-c3ccc(OCc4ccccc4)c(OCc4ccccc4)c3)oc2c1. The van der Waals surface area contributed by atoms with Gasteiger partial charge < -0.3 is 29.1 Å². The molecule has 0 radical (unpaired) electrons. The predicted octanol–water partition coefficient (Wildman–Crippen LogP) is 6.36. The largest absolute Gasteiger partial charge is 0.491 e. The number of fused-ring (bicyclic) bond motifs is 1. The van der Waals surface area contributed by atoms with Gasteiger partial charge in [0.15, 0.2) is 16.9 Å². The molecule has 7 heteroatoms. The van der Waals surface area contributed by atoms with E-state index in [0.29, 0.717) is 59.3 Å². The van der Waals surface area contributed by atoms with Crippen molar-refractivity contribution in [3.63, 3.8) is 0 Å². The molecule has 0 amide bonds. The molecule has 2 N–H and O–H groups in total. The van der Waals surface area contributed by atoms with Crippen LogP contribution in [-0.4, -0.2) is 30.4 Å². The molecule has 1 heterocycles. The first kappa shape index (κ1) is 28.9. The zero-order chi connectivity index (χ0) is 29.3. The van der Waals surface area contributed by atoms with Gasteiger partial charge in [0.05, 0.1) is 5.39 Å². The quantitative estimate of drug-likeness (QED) is 0.172. The van der Waals surface area contributed by atoms with E-state index in [1.807, 2.05) is 92.7 Å². The first-order valence-electron chi connectivity index (χ1n) is 14.0. The van der Waals surface area contributed by atoms with Gasteiger partial charge >= 0.3 is 0 Å². The fourth-order valence-corrected chi connectivity index (χ4v) is 4.35. The number of nitrogens with one attached hydrogen (secondary N) is 1. The van der Waals surface area contributed by atoms with Gasteiger partial charge in [0.25, 0.3) is 0 Å². The van der Waals surface area contributed by atoms with Crippen molar-refractivity contribution in [3.05, 3.63) is 124 Å². The summed E-state index contributed by atoms with van der Waals surface area (Å²) >= 11 is 0. The molecule has 5 aromatic rings. The normalized spacial score (nSPS) is 11.9. The molecule has 1 atom stereocenters. The van der Waals surface area contributed by atoms with Crippen molar-refractivity contribution in [1.82, 2.24) is 5.32 Å². The van der Waals surface area contributed by atoms with Crippen LogP contribution in [0.3, 0.4) is 0 Å². The third kappa shape index (κ3) is 7.78. The highest BCUT2D eigenvalue weighted by atomic mass is 16.5. The minimum absolute atomic E-state index is 0.113. The number of benzene rings is 4.